The molecule has 2 unspecified atom stereocenters. The number of amides is 2. The van der Waals surface area contributed by atoms with Gasteiger partial charge in [0.15, 0.2) is 11.5 Å². The quantitative estimate of drug-likeness (QED) is 0.340. The van der Waals surface area contributed by atoms with Crippen molar-refractivity contribution in [3.8, 4) is 17.2 Å². The van der Waals surface area contributed by atoms with E-state index in [-0.39, 0.29) is 17.3 Å². The molecular formula is C28H27Cl2FN2O5S. The smallest absolute Gasteiger partial charge is 0.256 e. The molecule has 39 heavy (non-hydrogen) atoms. The first-order valence-corrected chi connectivity index (χ1v) is 13.8. The van der Waals surface area contributed by atoms with Gasteiger partial charge in [0, 0.05) is 27.9 Å². The van der Waals surface area contributed by atoms with Crippen LogP contribution in [0.5, 0.6) is 17.2 Å². The number of hydrogen-bond donors (Lipinski definition) is 1. The van der Waals surface area contributed by atoms with Crippen LogP contribution in [0.1, 0.15) is 26.9 Å². The van der Waals surface area contributed by atoms with Gasteiger partial charge >= 0.3 is 0 Å². The van der Waals surface area contributed by atoms with Gasteiger partial charge in [0.1, 0.15) is 17.2 Å². The third kappa shape index (κ3) is 6.37. The molecule has 1 heterocycles. The van der Waals surface area contributed by atoms with Gasteiger partial charge in [-0.2, -0.15) is 0 Å². The maximum absolute atomic E-state index is 14.0. The molecule has 0 aromatic heterocycles. The Hall–Kier alpha value is -3.14. The Morgan fingerprint density at radius 3 is 2.26 bits per heavy atom. The van der Waals surface area contributed by atoms with Crippen molar-refractivity contribution in [3.63, 3.8) is 0 Å². The first-order chi connectivity index (χ1) is 18.8. The molecule has 1 saturated heterocycles. The minimum absolute atomic E-state index is 0.254. The van der Waals surface area contributed by atoms with Crippen LogP contribution in [0.2, 0.25) is 10.0 Å². The van der Waals surface area contributed by atoms with Crippen molar-refractivity contribution in [2.45, 2.75) is 17.8 Å². The monoisotopic (exact) mass is 592 g/mol. The zero-order valence-electron chi connectivity index (χ0n) is 21.5. The van der Waals surface area contributed by atoms with Crippen molar-refractivity contribution in [1.82, 2.24) is 10.2 Å². The first kappa shape index (κ1) is 28.9. The lowest BCUT2D eigenvalue weighted by atomic mass is 10.1. The summed E-state index contributed by atoms with van der Waals surface area (Å²) in [5, 5.41) is 3.46. The number of ether oxygens (including phenoxy) is 3. The molecule has 0 aliphatic carbocycles. The zero-order chi connectivity index (χ0) is 28.1. The van der Waals surface area contributed by atoms with E-state index in [0.717, 1.165) is 5.56 Å². The van der Waals surface area contributed by atoms with Crippen molar-refractivity contribution >= 4 is 46.8 Å². The number of carbonyl (C=O) groups is 2. The van der Waals surface area contributed by atoms with E-state index in [1.807, 2.05) is 6.07 Å². The van der Waals surface area contributed by atoms with E-state index in [4.69, 9.17) is 37.4 Å². The number of carbonyl (C=O) groups excluding carboxylic acids is 2. The van der Waals surface area contributed by atoms with Crippen LogP contribution in [0.3, 0.4) is 0 Å². The van der Waals surface area contributed by atoms with Crippen LogP contribution in [0.4, 0.5) is 4.39 Å². The van der Waals surface area contributed by atoms with E-state index in [2.05, 4.69) is 5.32 Å². The Kier molecular flexibility index (Phi) is 9.48. The van der Waals surface area contributed by atoms with Gasteiger partial charge in [-0.15, -0.1) is 11.8 Å². The molecule has 0 radical (unpaired) electrons. The van der Waals surface area contributed by atoms with E-state index >= 15 is 0 Å². The van der Waals surface area contributed by atoms with Crippen molar-refractivity contribution < 1.29 is 28.2 Å². The lowest BCUT2D eigenvalue weighted by molar-refractivity contribution is -0.124. The fourth-order valence-electron chi connectivity index (χ4n) is 4.36. The molecule has 7 nitrogen and oxygen atoms in total. The average molecular weight is 594 g/mol. The Bertz CT molecular complexity index is 1330. The van der Waals surface area contributed by atoms with Crippen molar-refractivity contribution in [1.29, 1.82) is 0 Å². The average Bonchev–Trinajstić information content (AvgIpc) is 3.38. The normalized spacial score (nSPS) is 16.6. The highest BCUT2D eigenvalue weighted by Crippen LogP contribution is 2.44. The Morgan fingerprint density at radius 2 is 1.67 bits per heavy atom. The molecule has 11 heteroatoms. The minimum atomic E-state index is -0.780. The van der Waals surface area contributed by atoms with Gasteiger partial charge in [0.25, 0.3) is 5.91 Å². The van der Waals surface area contributed by atoms with Gasteiger partial charge in [-0.1, -0.05) is 41.4 Å². The molecule has 3 aromatic carbocycles. The maximum atomic E-state index is 14.0. The number of nitrogens with one attached hydrogen (secondary N) is 1. The largest absolute Gasteiger partial charge is 0.493 e. The second-order valence-electron chi connectivity index (χ2n) is 8.66. The van der Waals surface area contributed by atoms with E-state index < -0.39 is 17.3 Å². The highest BCUT2D eigenvalue weighted by atomic mass is 35.5. The summed E-state index contributed by atoms with van der Waals surface area (Å²) in [7, 11) is 4.39. The standard InChI is InChI=1S/C28H27Cl2FN2O5S/c1-36-23-12-18(13-24(37-2)25(23)38-3)27(35)33-22(15-39-28(33)17-5-8-20(31)9-6-17)26(34)32-11-10-16-4-7-19(29)14-21(16)30/h4-9,12-14,22,28H,10-11,15H2,1-3H3,(H,32,34). The second-order valence-corrected chi connectivity index (χ2v) is 10.6. The van der Waals surface area contributed by atoms with Gasteiger partial charge in [0.2, 0.25) is 11.7 Å². The molecule has 4 rings (SSSR count). The maximum Gasteiger partial charge on any atom is 0.256 e. The number of methoxy groups -OCH3 is 3. The third-order valence-electron chi connectivity index (χ3n) is 6.31. The lowest BCUT2D eigenvalue weighted by Crippen LogP contribution is -2.48. The lowest BCUT2D eigenvalue weighted by Gasteiger charge is -2.29. The van der Waals surface area contributed by atoms with Crippen LogP contribution in [-0.4, -0.2) is 56.4 Å². The Balaban J connectivity index is 1.62. The highest BCUT2D eigenvalue weighted by Gasteiger charge is 2.43. The molecule has 1 aliphatic heterocycles. The summed E-state index contributed by atoms with van der Waals surface area (Å²) in [5.74, 6) is 0.216. The SMILES string of the molecule is COc1cc(C(=O)N2C(C(=O)NCCc3ccc(Cl)cc3Cl)CSC2c2ccc(F)cc2)cc(OC)c1OC. The van der Waals surface area contributed by atoms with Crippen molar-refractivity contribution in [3.05, 3.63) is 87.2 Å². The van der Waals surface area contributed by atoms with E-state index in [9.17, 15) is 14.0 Å². The molecule has 1 N–H and O–H groups in total. The summed E-state index contributed by atoms with van der Waals surface area (Å²) in [5.41, 5.74) is 1.80. The topological polar surface area (TPSA) is 77.1 Å². The summed E-state index contributed by atoms with van der Waals surface area (Å²) >= 11 is 13.7. The van der Waals surface area contributed by atoms with Crippen LogP contribution in [0, 0.1) is 5.82 Å². The first-order valence-electron chi connectivity index (χ1n) is 12.0. The van der Waals surface area contributed by atoms with Gasteiger partial charge in [-0.05, 0) is 53.9 Å². The summed E-state index contributed by atoms with van der Waals surface area (Å²) in [4.78, 5) is 28.9. The molecule has 0 saturated carbocycles. The van der Waals surface area contributed by atoms with Crippen LogP contribution >= 0.6 is 35.0 Å². The summed E-state index contributed by atoms with van der Waals surface area (Å²) in [6.45, 7) is 0.314. The second kappa shape index (κ2) is 12.8. The number of halogens is 3. The zero-order valence-corrected chi connectivity index (χ0v) is 23.8. The number of thioether (sulfide) groups is 1. The van der Waals surface area contributed by atoms with Crippen LogP contribution in [-0.2, 0) is 11.2 Å². The third-order valence-corrected chi connectivity index (χ3v) is 8.22. The molecule has 0 spiro atoms. The van der Waals surface area contributed by atoms with Gasteiger partial charge in [-0.25, -0.2) is 4.39 Å². The van der Waals surface area contributed by atoms with E-state index in [0.29, 0.717) is 51.6 Å². The van der Waals surface area contributed by atoms with Crippen molar-refractivity contribution in [2.24, 2.45) is 0 Å². The summed E-state index contributed by atoms with van der Waals surface area (Å²) in [6, 6.07) is 13.4. The Morgan fingerprint density at radius 1 is 1.00 bits per heavy atom. The molecule has 3 aromatic rings. The minimum Gasteiger partial charge on any atom is -0.493 e. The van der Waals surface area contributed by atoms with Crippen LogP contribution < -0.4 is 19.5 Å². The fourth-order valence-corrected chi connectivity index (χ4v) is 6.29. The number of nitrogens with zero attached hydrogens (tertiary/aromatic N) is 1. The molecule has 2 amide bonds. The number of benzene rings is 3. The molecule has 1 aliphatic rings. The van der Waals surface area contributed by atoms with Gasteiger partial charge < -0.3 is 24.4 Å². The molecule has 206 valence electrons. The molecule has 2 atom stereocenters. The van der Waals surface area contributed by atoms with Crippen LogP contribution in [0.15, 0.2) is 54.6 Å². The Labute approximate surface area is 240 Å². The number of rotatable bonds is 9. The van der Waals surface area contributed by atoms with Crippen molar-refractivity contribution in [2.75, 3.05) is 33.6 Å². The molecule has 1 fully saturated rings. The number of hydrogen-bond acceptors (Lipinski definition) is 6. The van der Waals surface area contributed by atoms with Gasteiger partial charge in [-0.3, -0.25) is 9.59 Å². The van der Waals surface area contributed by atoms with Gasteiger partial charge in [0.05, 0.1) is 21.3 Å². The highest BCUT2D eigenvalue weighted by molar-refractivity contribution is 7.99. The predicted octanol–water partition coefficient (Wildman–Crippen LogP) is 5.77. The van der Waals surface area contributed by atoms with Crippen LogP contribution in [0.25, 0.3) is 0 Å². The van der Waals surface area contributed by atoms with E-state index in [1.165, 1.54) is 50.1 Å². The molecule has 0 bridgehead atoms. The summed E-state index contributed by atoms with van der Waals surface area (Å²) < 4.78 is 29.9. The van der Waals surface area contributed by atoms with E-state index in [1.54, 1.807) is 36.4 Å². The summed E-state index contributed by atoms with van der Waals surface area (Å²) in [6.07, 6.45) is 0.490. The molecular weight excluding hydrogens is 566 g/mol. The fraction of sp³-hybridized carbons (Fsp3) is 0.286. The predicted molar refractivity (Wildman–Crippen MR) is 151 cm³/mol.